The van der Waals surface area contributed by atoms with Crippen molar-refractivity contribution in [2.45, 2.75) is 12.4 Å². The van der Waals surface area contributed by atoms with E-state index in [1.54, 1.807) is 0 Å². The van der Waals surface area contributed by atoms with E-state index in [-0.39, 0.29) is 28.4 Å². The van der Waals surface area contributed by atoms with E-state index in [0.29, 0.717) is 12.3 Å². The number of aromatic nitrogens is 5. The van der Waals surface area contributed by atoms with Crippen LogP contribution in [0.3, 0.4) is 0 Å². The lowest BCUT2D eigenvalue weighted by Crippen LogP contribution is -2.12. The average Bonchev–Trinajstić information content (AvgIpc) is 2.77. The van der Waals surface area contributed by atoms with Gasteiger partial charge in [0.05, 0.1) is 28.6 Å². The number of carboxylic acids is 1. The van der Waals surface area contributed by atoms with Gasteiger partial charge in [0, 0.05) is 18.6 Å². The number of halogens is 6. The predicted molar refractivity (Wildman–Crippen MR) is 105 cm³/mol. The second kappa shape index (κ2) is 8.20. The molecular weight excluding hydrogens is 470 g/mol. The smallest absolute Gasteiger partial charge is 0.418 e. The van der Waals surface area contributed by atoms with Gasteiger partial charge in [-0.05, 0) is 24.3 Å². The van der Waals surface area contributed by atoms with E-state index in [9.17, 15) is 31.1 Å². The zero-order valence-electron chi connectivity index (χ0n) is 16.5. The summed E-state index contributed by atoms with van der Waals surface area (Å²) in [5.74, 6) is -1.53. The molecule has 0 amide bonds. The minimum absolute atomic E-state index is 0.0525. The number of carboxylic acid groups (broad SMARTS) is 1. The Kier molecular flexibility index (Phi) is 5.51. The highest BCUT2D eigenvalue weighted by atomic mass is 19.4. The maximum atomic E-state index is 13.5. The number of hydrogen-bond acceptors (Lipinski definition) is 7. The van der Waals surface area contributed by atoms with Crippen molar-refractivity contribution in [1.29, 1.82) is 0 Å². The highest BCUT2D eigenvalue weighted by molar-refractivity contribution is 5.89. The van der Waals surface area contributed by atoms with Crippen LogP contribution in [0.1, 0.15) is 21.5 Å². The van der Waals surface area contributed by atoms with Gasteiger partial charge in [-0.2, -0.15) is 26.3 Å². The van der Waals surface area contributed by atoms with Gasteiger partial charge in [0.15, 0.2) is 5.65 Å². The normalized spacial score (nSPS) is 12.1. The van der Waals surface area contributed by atoms with Crippen LogP contribution in [0.4, 0.5) is 37.8 Å². The zero-order valence-corrected chi connectivity index (χ0v) is 16.5. The Morgan fingerprint density at radius 1 is 0.882 bits per heavy atom. The van der Waals surface area contributed by atoms with E-state index < -0.39 is 40.7 Å². The Morgan fingerprint density at radius 3 is 2.26 bits per heavy atom. The molecule has 2 N–H and O–H groups in total. The van der Waals surface area contributed by atoms with Gasteiger partial charge in [-0.1, -0.05) is 0 Å². The molecule has 8 nitrogen and oxygen atoms in total. The molecule has 34 heavy (non-hydrogen) atoms. The first-order valence-electron chi connectivity index (χ1n) is 9.16. The monoisotopic (exact) mass is 480 g/mol. The molecule has 0 fully saturated rings. The minimum atomic E-state index is -4.92. The predicted octanol–water partition coefficient (Wildman–Crippen LogP) is 4.96. The molecule has 14 heteroatoms. The van der Waals surface area contributed by atoms with Crippen molar-refractivity contribution in [3.8, 4) is 11.4 Å². The van der Waals surface area contributed by atoms with Crippen molar-refractivity contribution in [1.82, 2.24) is 24.9 Å². The van der Waals surface area contributed by atoms with Gasteiger partial charge in [-0.3, -0.25) is 4.98 Å². The first-order chi connectivity index (χ1) is 15.9. The molecule has 174 valence electrons. The van der Waals surface area contributed by atoms with Crippen molar-refractivity contribution in [3.05, 3.63) is 65.7 Å². The SMILES string of the molecule is O=C(O)c1cnc(-c2cnc3c(Nc4ccc(C(F)(F)F)cn4)ccnc3n2)c(C(F)(F)F)c1. The summed E-state index contributed by atoms with van der Waals surface area (Å²) in [6, 6.07) is 3.79. The van der Waals surface area contributed by atoms with Crippen LogP contribution in [0.25, 0.3) is 22.6 Å². The molecule has 0 saturated carbocycles. The second-order valence-electron chi connectivity index (χ2n) is 6.76. The molecule has 0 radical (unpaired) electrons. The molecule has 0 aliphatic carbocycles. The summed E-state index contributed by atoms with van der Waals surface area (Å²) in [7, 11) is 0. The number of rotatable bonds is 4. The fraction of sp³-hybridized carbons (Fsp3) is 0.100. The Labute approximate surface area is 185 Å². The fourth-order valence-electron chi connectivity index (χ4n) is 2.91. The van der Waals surface area contributed by atoms with E-state index >= 15 is 0 Å². The standard InChI is InChI=1S/C20H10F6N6O2/c21-19(22,23)10-1-2-14(28-7-10)31-12-3-4-27-17-16(12)30-8-13(32-17)15-11(20(24,25)26)5-9(6-29-15)18(33)34/h1-8H,(H,33,34)(H,27,28,31,32). The van der Waals surface area contributed by atoms with E-state index in [0.717, 1.165) is 24.5 Å². The molecule has 0 unspecified atom stereocenters. The lowest BCUT2D eigenvalue weighted by atomic mass is 10.1. The van der Waals surface area contributed by atoms with Crippen molar-refractivity contribution < 1.29 is 36.2 Å². The maximum absolute atomic E-state index is 13.5. The van der Waals surface area contributed by atoms with Gasteiger partial charge >= 0.3 is 18.3 Å². The zero-order chi connectivity index (χ0) is 24.7. The van der Waals surface area contributed by atoms with Gasteiger partial charge in [0.25, 0.3) is 0 Å². The van der Waals surface area contributed by atoms with Gasteiger partial charge < -0.3 is 10.4 Å². The topological polar surface area (TPSA) is 114 Å². The van der Waals surface area contributed by atoms with Crippen molar-refractivity contribution >= 4 is 28.6 Å². The van der Waals surface area contributed by atoms with E-state index in [2.05, 4.69) is 30.2 Å². The van der Waals surface area contributed by atoms with Crippen molar-refractivity contribution in [3.63, 3.8) is 0 Å². The third-order valence-electron chi connectivity index (χ3n) is 4.48. The second-order valence-corrected chi connectivity index (χ2v) is 6.76. The van der Waals surface area contributed by atoms with Gasteiger partial charge in [0.2, 0.25) is 0 Å². The van der Waals surface area contributed by atoms with E-state index in [1.165, 1.54) is 12.3 Å². The molecule has 4 aromatic rings. The molecule has 0 aliphatic rings. The number of hydrogen-bond donors (Lipinski definition) is 2. The van der Waals surface area contributed by atoms with Crippen LogP contribution >= 0.6 is 0 Å². The fourth-order valence-corrected chi connectivity index (χ4v) is 2.91. The molecule has 0 aliphatic heterocycles. The molecule has 0 saturated heterocycles. The summed E-state index contributed by atoms with van der Waals surface area (Å²) in [6.45, 7) is 0. The first kappa shape index (κ1) is 22.8. The minimum Gasteiger partial charge on any atom is -0.478 e. The lowest BCUT2D eigenvalue weighted by molar-refractivity contribution is -0.138. The number of nitrogens with zero attached hydrogens (tertiary/aromatic N) is 5. The van der Waals surface area contributed by atoms with Gasteiger partial charge in [0.1, 0.15) is 22.7 Å². The number of alkyl halides is 6. The summed E-state index contributed by atoms with van der Waals surface area (Å²) in [5.41, 5.74) is -3.62. The van der Waals surface area contributed by atoms with Crippen LogP contribution in [0.15, 0.2) is 49.1 Å². The van der Waals surface area contributed by atoms with E-state index in [1.807, 2.05) is 0 Å². The number of pyridine rings is 3. The van der Waals surface area contributed by atoms with Crippen LogP contribution < -0.4 is 5.32 Å². The van der Waals surface area contributed by atoms with Crippen LogP contribution in [-0.2, 0) is 12.4 Å². The Hall–Kier alpha value is -4.36. The van der Waals surface area contributed by atoms with Crippen molar-refractivity contribution in [2.75, 3.05) is 5.32 Å². The Balaban J connectivity index is 1.73. The number of fused-ring (bicyclic) bond motifs is 1. The number of aromatic carboxylic acids is 1. The first-order valence-corrected chi connectivity index (χ1v) is 9.16. The summed E-state index contributed by atoms with van der Waals surface area (Å²) in [4.78, 5) is 30.4. The van der Waals surface area contributed by atoms with Crippen molar-refractivity contribution in [2.24, 2.45) is 0 Å². The average molecular weight is 480 g/mol. The van der Waals surface area contributed by atoms with Crippen LogP contribution in [0, 0.1) is 0 Å². The highest BCUT2D eigenvalue weighted by Crippen LogP contribution is 2.36. The molecule has 4 aromatic heterocycles. The Bertz CT molecular complexity index is 1390. The molecule has 0 aromatic carbocycles. The highest BCUT2D eigenvalue weighted by Gasteiger charge is 2.36. The maximum Gasteiger partial charge on any atom is 0.418 e. The van der Waals surface area contributed by atoms with E-state index in [4.69, 9.17) is 5.11 Å². The third-order valence-corrected chi connectivity index (χ3v) is 4.48. The summed E-state index contributed by atoms with van der Waals surface area (Å²) in [5, 5.41) is 11.7. The molecule has 0 atom stereocenters. The van der Waals surface area contributed by atoms with Crippen LogP contribution in [-0.4, -0.2) is 36.0 Å². The van der Waals surface area contributed by atoms with Gasteiger partial charge in [-0.25, -0.2) is 24.7 Å². The number of anilines is 2. The van der Waals surface area contributed by atoms with Crippen LogP contribution in [0.5, 0.6) is 0 Å². The molecule has 0 bridgehead atoms. The molecule has 0 spiro atoms. The lowest BCUT2D eigenvalue weighted by Gasteiger charge is -2.13. The molecule has 4 heterocycles. The molecular formula is C20H10F6N6O2. The Morgan fingerprint density at radius 2 is 1.65 bits per heavy atom. The quantitative estimate of drug-likeness (QED) is 0.394. The summed E-state index contributed by atoms with van der Waals surface area (Å²) in [6.07, 6.45) is -5.81. The summed E-state index contributed by atoms with van der Waals surface area (Å²) >= 11 is 0. The number of nitrogens with one attached hydrogen (secondary N) is 1. The largest absolute Gasteiger partial charge is 0.478 e. The third kappa shape index (κ3) is 4.55. The molecule has 4 rings (SSSR count). The van der Waals surface area contributed by atoms with Crippen LogP contribution in [0.2, 0.25) is 0 Å². The van der Waals surface area contributed by atoms with Gasteiger partial charge in [-0.15, -0.1) is 0 Å². The number of carbonyl (C=O) groups is 1. The summed E-state index contributed by atoms with van der Waals surface area (Å²) < 4.78 is 78.7.